The van der Waals surface area contributed by atoms with Gasteiger partial charge in [-0.2, -0.15) is 10.4 Å². The molecular formula is C24H24N8O3. The normalized spacial score (nSPS) is 16.1. The van der Waals surface area contributed by atoms with E-state index in [0.29, 0.717) is 62.0 Å². The predicted molar refractivity (Wildman–Crippen MR) is 127 cm³/mol. The Morgan fingerprint density at radius 2 is 1.83 bits per heavy atom. The number of nitrogens with zero attached hydrogens (tertiary/aromatic N) is 8. The van der Waals surface area contributed by atoms with Crippen LogP contribution in [0.25, 0.3) is 16.6 Å². The van der Waals surface area contributed by atoms with Crippen LogP contribution in [-0.4, -0.2) is 87.6 Å². The van der Waals surface area contributed by atoms with Crippen molar-refractivity contribution in [3.05, 3.63) is 49.1 Å². The third-order valence-corrected chi connectivity index (χ3v) is 6.48. The summed E-state index contributed by atoms with van der Waals surface area (Å²) in [6.45, 7) is 6.85. The van der Waals surface area contributed by atoms with Crippen molar-refractivity contribution in [3.63, 3.8) is 0 Å². The van der Waals surface area contributed by atoms with E-state index in [1.807, 2.05) is 17.2 Å². The molecule has 2 saturated heterocycles. The van der Waals surface area contributed by atoms with Crippen molar-refractivity contribution in [1.82, 2.24) is 29.4 Å². The Balaban J connectivity index is 1.23. The third kappa shape index (κ3) is 4.03. The summed E-state index contributed by atoms with van der Waals surface area (Å²) >= 11 is 0. The molecule has 178 valence electrons. The Morgan fingerprint density at radius 1 is 1.11 bits per heavy atom. The van der Waals surface area contributed by atoms with Crippen LogP contribution in [0.2, 0.25) is 0 Å². The van der Waals surface area contributed by atoms with Gasteiger partial charge >= 0.3 is 0 Å². The zero-order chi connectivity index (χ0) is 24.5. The summed E-state index contributed by atoms with van der Waals surface area (Å²) in [5.41, 5.74) is 2.66. The Kier molecular flexibility index (Phi) is 5.78. The number of aromatic nitrogens is 4. The zero-order valence-electron chi connectivity index (χ0n) is 19.3. The molecule has 0 atom stereocenters. The first kappa shape index (κ1) is 22.3. The van der Waals surface area contributed by atoms with Crippen molar-refractivity contribution < 1.29 is 14.3 Å². The molecule has 11 nitrogen and oxygen atoms in total. The number of carbonyl (C=O) groups excluding carboxylic acids is 2. The van der Waals surface area contributed by atoms with E-state index in [4.69, 9.17) is 4.74 Å². The van der Waals surface area contributed by atoms with Gasteiger partial charge in [0.25, 0.3) is 0 Å². The van der Waals surface area contributed by atoms with Crippen LogP contribution in [0.5, 0.6) is 5.75 Å². The van der Waals surface area contributed by atoms with Crippen LogP contribution in [0.4, 0.5) is 5.95 Å². The first-order valence-corrected chi connectivity index (χ1v) is 11.3. The first-order valence-electron chi connectivity index (χ1n) is 11.3. The fourth-order valence-corrected chi connectivity index (χ4v) is 4.44. The summed E-state index contributed by atoms with van der Waals surface area (Å²) in [5, 5.41) is 13.5. The molecule has 0 bridgehead atoms. The highest BCUT2D eigenvalue weighted by atomic mass is 16.5. The van der Waals surface area contributed by atoms with Gasteiger partial charge in [0.15, 0.2) is 0 Å². The van der Waals surface area contributed by atoms with Crippen LogP contribution < -0.4 is 9.64 Å². The highest BCUT2D eigenvalue weighted by molar-refractivity contribution is 5.90. The Bertz CT molecular complexity index is 1330. The van der Waals surface area contributed by atoms with E-state index in [-0.39, 0.29) is 17.7 Å². The van der Waals surface area contributed by atoms with Crippen molar-refractivity contribution in [2.24, 2.45) is 5.92 Å². The van der Waals surface area contributed by atoms with Crippen LogP contribution in [0.3, 0.4) is 0 Å². The number of rotatable bonds is 5. The average Bonchev–Trinajstić information content (AvgIpc) is 3.30. The molecule has 5 heterocycles. The monoisotopic (exact) mass is 472 g/mol. The Hall–Kier alpha value is -4.46. The number of anilines is 1. The quantitative estimate of drug-likeness (QED) is 0.504. The second-order valence-electron chi connectivity index (χ2n) is 8.49. The molecule has 0 saturated carbocycles. The van der Waals surface area contributed by atoms with E-state index in [1.165, 1.54) is 12.3 Å². The molecule has 3 aromatic heterocycles. The van der Waals surface area contributed by atoms with Gasteiger partial charge in [-0.05, 0) is 12.1 Å². The number of carbonyl (C=O) groups is 2. The van der Waals surface area contributed by atoms with Gasteiger partial charge in [-0.25, -0.2) is 14.5 Å². The Labute approximate surface area is 201 Å². The fourth-order valence-electron chi connectivity index (χ4n) is 4.44. The summed E-state index contributed by atoms with van der Waals surface area (Å²) in [7, 11) is 1.55. The van der Waals surface area contributed by atoms with Gasteiger partial charge in [-0.15, -0.1) is 0 Å². The SMILES string of the molecule is C=CC(=O)N1CC(C(=O)N2CCN(c3ncc(-c4cc(OC)c5c(C#N)cnn5c4)cn3)CC2)C1. The summed E-state index contributed by atoms with van der Waals surface area (Å²) in [4.78, 5) is 38.9. The minimum Gasteiger partial charge on any atom is -0.494 e. The first-order chi connectivity index (χ1) is 17.0. The number of ether oxygens (including phenoxy) is 1. The number of fused-ring (bicyclic) bond motifs is 1. The molecular weight excluding hydrogens is 448 g/mol. The predicted octanol–water partition coefficient (Wildman–Crippen LogP) is 0.965. The second-order valence-corrected chi connectivity index (χ2v) is 8.49. The molecule has 2 aliphatic heterocycles. The number of piperazine rings is 1. The van der Waals surface area contributed by atoms with E-state index in [1.54, 1.807) is 28.9 Å². The average molecular weight is 473 g/mol. The highest BCUT2D eigenvalue weighted by Gasteiger charge is 2.38. The molecule has 0 unspecified atom stereocenters. The maximum absolute atomic E-state index is 12.7. The minimum atomic E-state index is -0.130. The topological polar surface area (TPSA) is 120 Å². The van der Waals surface area contributed by atoms with Crippen molar-refractivity contribution in [1.29, 1.82) is 5.26 Å². The van der Waals surface area contributed by atoms with E-state index in [2.05, 4.69) is 32.6 Å². The van der Waals surface area contributed by atoms with Crippen LogP contribution in [0, 0.1) is 17.2 Å². The van der Waals surface area contributed by atoms with Crippen molar-refractivity contribution in [2.75, 3.05) is 51.3 Å². The number of methoxy groups -OCH3 is 1. The van der Waals surface area contributed by atoms with Crippen LogP contribution in [-0.2, 0) is 9.59 Å². The number of hydrogen-bond acceptors (Lipinski definition) is 8. The molecule has 0 aliphatic carbocycles. The lowest BCUT2D eigenvalue weighted by Crippen LogP contribution is -2.59. The van der Waals surface area contributed by atoms with Gasteiger partial charge in [0.2, 0.25) is 17.8 Å². The maximum Gasteiger partial charge on any atom is 0.246 e. The van der Waals surface area contributed by atoms with Gasteiger partial charge in [-0.1, -0.05) is 6.58 Å². The van der Waals surface area contributed by atoms with E-state index >= 15 is 0 Å². The molecule has 0 aromatic carbocycles. The zero-order valence-corrected chi connectivity index (χ0v) is 19.3. The van der Waals surface area contributed by atoms with Crippen molar-refractivity contribution in [3.8, 4) is 22.9 Å². The summed E-state index contributed by atoms with van der Waals surface area (Å²) in [6, 6.07) is 3.96. The molecule has 3 aromatic rings. The van der Waals surface area contributed by atoms with Crippen LogP contribution >= 0.6 is 0 Å². The standard InChI is InChI=1S/C24H24N8O3/c1-3-21(33)31-13-19(14-31)23(34)29-4-6-30(7-5-29)24-26-10-18(11-27-24)16-8-20(35-2)22-17(9-25)12-28-32(22)15-16/h3,8,10-12,15,19H,1,4-7,13-14H2,2H3. The number of hydrogen-bond donors (Lipinski definition) is 0. The third-order valence-electron chi connectivity index (χ3n) is 6.48. The number of amides is 2. The number of nitriles is 1. The van der Waals surface area contributed by atoms with Crippen molar-refractivity contribution in [2.45, 2.75) is 0 Å². The van der Waals surface area contributed by atoms with E-state index in [0.717, 1.165) is 11.1 Å². The minimum absolute atomic E-state index is 0.0940. The largest absolute Gasteiger partial charge is 0.494 e. The fraction of sp³-hybridized carbons (Fsp3) is 0.333. The Morgan fingerprint density at radius 3 is 2.46 bits per heavy atom. The van der Waals surface area contributed by atoms with Crippen molar-refractivity contribution >= 4 is 23.3 Å². The lowest BCUT2D eigenvalue weighted by Gasteiger charge is -2.42. The lowest BCUT2D eigenvalue weighted by molar-refractivity contribution is -0.146. The maximum atomic E-state index is 12.7. The summed E-state index contributed by atoms with van der Waals surface area (Å²) in [6.07, 6.45) is 8.09. The van der Waals surface area contributed by atoms with E-state index in [9.17, 15) is 14.9 Å². The molecule has 0 N–H and O–H groups in total. The molecule has 2 fully saturated rings. The van der Waals surface area contributed by atoms with Gasteiger partial charge in [0, 0.05) is 69.0 Å². The summed E-state index contributed by atoms with van der Waals surface area (Å²) < 4.78 is 7.09. The smallest absolute Gasteiger partial charge is 0.246 e. The van der Waals surface area contributed by atoms with Gasteiger partial charge in [-0.3, -0.25) is 9.59 Å². The molecule has 0 radical (unpaired) electrons. The number of likely N-dealkylation sites (tertiary alicyclic amines) is 1. The second kappa shape index (κ2) is 9.06. The molecule has 0 spiro atoms. The highest BCUT2D eigenvalue weighted by Crippen LogP contribution is 2.29. The van der Waals surface area contributed by atoms with Crippen LogP contribution in [0.1, 0.15) is 5.56 Å². The molecule has 5 rings (SSSR count). The van der Waals surface area contributed by atoms with Crippen LogP contribution in [0.15, 0.2) is 43.5 Å². The lowest BCUT2D eigenvalue weighted by atomic mass is 9.98. The van der Waals surface area contributed by atoms with Gasteiger partial charge in [0.1, 0.15) is 22.9 Å². The van der Waals surface area contributed by atoms with Gasteiger partial charge < -0.3 is 19.4 Å². The molecule has 2 amide bonds. The van der Waals surface area contributed by atoms with Gasteiger partial charge in [0.05, 0.1) is 19.2 Å². The molecule has 11 heteroatoms. The molecule has 35 heavy (non-hydrogen) atoms. The summed E-state index contributed by atoms with van der Waals surface area (Å²) in [5.74, 6) is 0.983. The van der Waals surface area contributed by atoms with E-state index < -0.39 is 0 Å². The molecule has 2 aliphatic rings. The number of pyridine rings is 1.